The molecule has 1 saturated heterocycles. The third kappa shape index (κ3) is 2.91. The third-order valence-electron chi connectivity index (χ3n) is 6.51. The molecule has 3 nitrogen and oxygen atoms in total. The lowest BCUT2D eigenvalue weighted by Crippen LogP contribution is -2.46. The van der Waals surface area contributed by atoms with Crippen molar-refractivity contribution in [1.29, 1.82) is 0 Å². The second-order valence-corrected chi connectivity index (χ2v) is 7.76. The molecule has 3 heteroatoms. The molecule has 1 N–H and O–H groups in total. The summed E-state index contributed by atoms with van der Waals surface area (Å²) >= 11 is 0. The van der Waals surface area contributed by atoms with Crippen LogP contribution in [0.25, 0.3) is 0 Å². The molecule has 23 heavy (non-hydrogen) atoms. The molecule has 3 aliphatic rings. The van der Waals surface area contributed by atoms with Crippen molar-refractivity contribution in [2.75, 3.05) is 19.8 Å². The molecule has 1 aromatic carbocycles. The second kappa shape index (κ2) is 6.27. The van der Waals surface area contributed by atoms with Gasteiger partial charge in [-0.15, -0.1) is 0 Å². The Bertz CT molecular complexity index is 550. The van der Waals surface area contributed by atoms with E-state index in [1.165, 1.54) is 24.8 Å². The molecule has 2 bridgehead atoms. The highest BCUT2D eigenvalue weighted by Crippen LogP contribution is 2.48. The molecule has 0 aromatic heterocycles. The monoisotopic (exact) mass is 313 g/mol. The van der Waals surface area contributed by atoms with Crippen molar-refractivity contribution in [3.63, 3.8) is 0 Å². The maximum absolute atomic E-state index is 12.7. The summed E-state index contributed by atoms with van der Waals surface area (Å²) in [6.45, 7) is 2.34. The first kappa shape index (κ1) is 15.2. The van der Waals surface area contributed by atoms with E-state index in [1.54, 1.807) is 0 Å². The van der Waals surface area contributed by atoms with Crippen LogP contribution < -0.4 is 5.32 Å². The van der Waals surface area contributed by atoms with Crippen molar-refractivity contribution < 1.29 is 9.53 Å². The van der Waals surface area contributed by atoms with Crippen LogP contribution in [0, 0.1) is 17.8 Å². The van der Waals surface area contributed by atoms with Gasteiger partial charge in [0.15, 0.2) is 0 Å². The largest absolute Gasteiger partial charge is 0.381 e. The fraction of sp³-hybridized carbons (Fsp3) is 0.650. The zero-order valence-electron chi connectivity index (χ0n) is 13.8. The van der Waals surface area contributed by atoms with Crippen LogP contribution in [0.1, 0.15) is 44.1 Å². The van der Waals surface area contributed by atoms with Gasteiger partial charge in [0.25, 0.3) is 0 Å². The van der Waals surface area contributed by atoms with Gasteiger partial charge >= 0.3 is 0 Å². The number of carbonyl (C=O) groups excluding carboxylic acids is 1. The molecule has 3 fully saturated rings. The molecule has 4 rings (SSSR count). The predicted molar refractivity (Wildman–Crippen MR) is 90.1 cm³/mol. The van der Waals surface area contributed by atoms with E-state index in [4.69, 9.17) is 4.74 Å². The van der Waals surface area contributed by atoms with Crippen LogP contribution in [-0.4, -0.2) is 25.7 Å². The molecule has 1 amide bonds. The first-order chi connectivity index (χ1) is 11.3. The first-order valence-electron chi connectivity index (χ1n) is 9.18. The quantitative estimate of drug-likeness (QED) is 0.926. The maximum atomic E-state index is 12.7. The number of amides is 1. The SMILES string of the molecule is O=C(NCC1(c2ccccc2)CCOCC1)[C@@H]1C[C@H]2CC[C@@H]1C2. The number of rotatable bonds is 4. The van der Waals surface area contributed by atoms with E-state index in [9.17, 15) is 4.79 Å². The zero-order valence-corrected chi connectivity index (χ0v) is 13.8. The number of fused-ring (bicyclic) bond motifs is 2. The van der Waals surface area contributed by atoms with Gasteiger partial charge in [0.2, 0.25) is 5.91 Å². The van der Waals surface area contributed by atoms with E-state index in [-0.39, 0.29) is 11.3 Å². The molecular formula is C20H27NO2. The van der Waals surface area contributed by atoms with Crippen LogP contribution in [0.5, 0.6) is 0 Å². The topological polar surface area (TPSA) is 38.3 Å². The summed E-state index contributed by atoms with van der Waals surface area (Å²) in [6.07, 6.45) is 7.01. The standard InChI is InChI=1S/C20H27NO2/c22-19(18-13-15-6-7-16(18)12-15)21-14-20(8-10-23-11-9-20)17-4-2-1-3-5-17/h1-5,15-16,18H,6-14H2,(H,21,22)/t15-,16+,18+/m0/s1. The lowest BCUT2D eigenvalue weighted by molar-refractivity contribution is -0.127. The summed E-state index contributed by atoms with van der Waals surface area (Å²) in [6, 6.07) is 10.7. The molecular weight excluding hydrogens is 286 g/mol. The van der Waals surface area contributed by atoms with E-state index < -0.39 is 0 Å². The van der Waals surface area contributed by atoms with E-state index in [0.717, 1.165) is 44.9 Å². The molecule has 2 aliphatic carbocycles. The summed E-state index contributed by atoms with van der Waals surface area (Å²) in [4.78, 5) is 12.7. The highest BCUT2D eigenvalue weighted by atomic mass is 16.5. The Morgan fingerprint density at radius 1 is 1.13 bits per heavy atom. The second-order valence-electron chi connectivity index (χ2n) is 7.76. The molecule has 1 heterocycles. The summed E-state index contributed by atoms with van der Waals surface area (Å²) in [5.41, 5.74) is 1.39. The van der Waals surface area contributed by atoms with E-state index in [2.05, 4.69) is 35.6 Å². The van der Waals surface area contributed by atoms with Crippen LogP contribution >= 0.6 is 0 Å². The van der Waals surface area contributed by atoms with Crippen molar-refractivity contribution in [2.24, 2.45) is 17.8 Å². The molecule has 1 aromatic rings. The predicted octanol–water partition coefficient (Wildman–Crippen LogP) is 3.29. The fourth-order valence-electron chi connectivity index (χ4n) is 5.07. The highest BCUT2D eigenvalue weighted by molar-refractivity contribution is 5.79. The van der Waals surface area contributed by atoms with Crippen LogP contribution in [0.4, 0.5) is 0 Å². The van der Waals surface area contributed by atoms with Gasteiger partial charge in [-0.05, 0) is 49.5 Å². The lowest BCUT2D eigenvalue weighted by atomic mass is 9.74. The van der Waals surface area contributed by atoms with Crippen LogP contribution in [0.3, 0.4) is 0 Å². The Morgan fingerprint density at radius 2 is 1.91 bits per heavy atom. The van der Waals surface area contributed by atoms with Gasteiger partial charge in [-0.3, -0.25) is 4.79 Å². The molecule has 1 aliphatic heterocycles. The number of ether oxygens (including phenoxy) is 1. The van der Waals surface area contributed by atoms with Gasteiger partial charge in [0.1, 0.15) is 0 Å². The normalized spacial score (nSPS) is 31.9. The van der Waals surface area contributed by atoms with Crippen LogP contribution in [0.15, 0.2) is 30.3 Å². The first-order valence-corrected chi connectivity index (χ1v) is 9.18. The zero-order chi connectivity index (χ0) is 15.7. The highest BCUT2D eigenvalue weighted by Gasteiger charge is 2.43. The Hall–Kier alpha value is -1.35. The molecule has 124 valence electrons. The number of benzene rings is 1. The van der Waals surface area contributed by atoms with Crippen LogP contribution in [0.2, 0.25) is 0 Å². The molecule has 3 atom stereocenters. The molecule has 2 saturated carbocycles. The Labute approximate surface area is 138 Å². The Balaban J connectivity index is 1.45. The van der Waals surface area contributed by atoms with Gasteiger partial charge in [-0.2, -0.15) is 0 Å². The summed E-state index contributed by atoms with van der Waals surface area (Å²) in [5, 5.41) is 3.32. The van der Waals surface area contributed by atoms with E-state index in [0.29, 0.717) is 11.8 Å². The summed E-state index contributed by atoms with van der Waals surface area (Å²) in [5.74, 6) is 2.06. The van der Waals surface area contributed by atoms with Gasteiger partial charge in [-0.1, -0.05) is 36.8 Å². The van der Waals surface area contributed by atoms with E-state index >= 15 is 0 Å². The fourth-order valence-corrected chi connectivity index (χ4v) is 5.07. The van der Waals surface area contributed by atoms with Crippen molar-refractivity contribution >= 4 is 5.91 Å². The van der Waals surface area contributed by atoms with E-state index in [1.807, 2.05) is 0 Å². The summed E-state index contributed by atoms with van der Waals surface area (Å²) in [7, 11) is 0. The smallest absolute Gasteiger partial charge is 0.223 e. The van der Waals surface area contributed by atoms with Crippen molar-refractivity contribution in [3.05, 3.63) is 35.9 Å². The maximum Gasteiger partial charge on any atom is 0.223 e. The Morgan fingerprint density at radius 3 is 2.57 bits per heavy atom. The van der Waals surface area contributed by atoms with Crippen molar-refractivity contribution in [3.8, 4) is 0 Å². The number of carbonyl (C=O) groups is 1. The molecule has 0 spiro atoms. The van der Waals surface area contributed by atoms with Gasteiger partial charge in [-0.25, -0.2) is 0 Å². The average Bonchev–Trinajstić information content (AvgIpc) is 3.25. The van der Waals surface area contributed by atoms with Crippen LogP contribution in [-0.2, 0) is 14.9 Å². The minimum atomic E-state index is 0.0484. The van der Waals surface area contributed by atoms with Gasteiger partial charge < -0.3 is 10.1 Å². The number of nitrogens with one attached hydrogen (secondary N) is 1. The number of hydrogen-bond acceptors (Lipinski definition) is 2. The van der Waals surface area contributed by atoms with Crippen molar-refractivity contribution in [2.45, 2.75) is 43.9 Å². The average molecular weight is 313 g/mol. The minimum absolute atomic E-state index is 0.0484. The molecule has 0 radical (unpaired) electrons. The summed E-state index contributed by atoms with van der Waals surface area (Å²) < 4.78 is 5.58. The third-order valence-corrected chi connectivity index (χ3v) is 6.51. The van der Waals surface area contributed by atoms with Gasteiger partial charge in [0, 0.05) is 31.1 Å². The Kier molecular flexibility index (Phi) is 4.14. The lowest BCUT2D eigenvalue weighted by Gasteiger charge is -2.38. The minimum Gasteiger partial charge on any atom is -0.381 e. The van der Waals surface area contributed by atoms with Crippen molar-refractivity contribution in [1.82, 2.24) is 5.32 Å². The van der Waals surface area contributed by atoms with Gasteiger partial charge in [0.05, 0.1) is 0 Å². The molecule has 0 unspecified atom stereocenters. The number of hydrogen-bond donors (Lipinski definition) is 1.